The van der Waals surface area contributed by atoms with Gasteiger partial charge in [-0.05, 0) is 36.8 Å². The van der Waals surface area contributed by atoms with Crippen molar-refractivity contribution in [3.63, 3.8) is 0 Å². The van der Waals surface area contributed by atoms with Crippen LogP contribution in [0.4, 0.5) is 13.2 Å². The third-order valence-corrected chi connectivity index (χ3v) is 4.10. The molecule has 0 aromatic carbocycles. The van der Waals surface area contributed by atoms with Crippen molar-refractivity contribution < 1.29 is 13.2 Å². The van der Waals surface area contributed by atoms with Gasteiger partial charge < -0.3 is 5.32 Å². The minimum absolute atomic E-state index is 0.111. The van der Waals surface area contributed by atoms with E-state index in [1.165, 1.54) is 4.88 Å². The van der Waals surface area contributed by atoms with E-state index in [9.17, 15) is 13.2 Å². The van der Waals surface area contributed by atoms with E-state index in [4.69, 9.17) is 0 Å². The number of halogens is 3. The maximum absolute atomic E-state index is 12.3. The molecule has 0 saturated heterocycles. The van der Waals surface area contributed by atoms with Crippen LogP contribution in [0.3, 0.4) is 0 Å². The van der Waals surface area contributed by atoms with Crippen molar-refractivity contribution in [3.05, 3.63) is 21.9 Å². The molecule has 1 unspecified atom stereocenters. The predicted molar refractivity (Wildman–Crippen MR) is 58.7 cm³/mol. The van der Waals surface area contributed by atoms with Gasteiger partial charge in [0.05, 0.1) is 0 Å². The fourth-order valence-corrected chi connectivity index (χ4v) is 3.20. The van der Waals surface area contributed by atoms with E-state index >= 15 is 0 Å². The highest BCUT2D eigenvalue weighted by molar-refractivity contribution is 7.10. The summed E-state index contributed by atoms with van der Waals surface area (Å²) in [5.41, 5.74) is 0.538. The highest BCUT2D eigenvalue weighted by Gasteiger charge is 2.37. The smallest absolute Gasteiger partial charge is 0.307 e. The Morgan fingerprint density at radius 3 is 2.94 bits per heavy atom. The molecule has 1 aliphatic heterocycles. The van der Waals surface area contributed by atoms with Crippen LogP contribution < -0.4 is 5.32 Å². The Bertz CT molecular complexity index is 372. The van der Waals surface area contributed by atoms with Gasteiger partial charge in [0, 0.05) is 23.4 Å². The second-order valence-electron chi connectivity index (χ2n) is 4.38. The minimum Gasteiger partial charge on any atom is -0.307 e. The zero-order chi connectivity index (χ0) is 11.8. The van der Waals surface area contributed by atoms with E-state index in [2.05, 4.69) is 5.32 Å². The normalized spacial score (nSPS) is 25.5. The largest absolute Gasteiger partial charge is 0.389 e. The third kappa shape index (κ3) is 2.40. The summed E-state index contributed by atoms with van der Waals surface area (Å²) in [6.45, 7) is 2.63. The molecular formula is C11H14F3NS. The molecule has 0 saturated carbocycles. The minimum atomic E-state index is -4.07. The molecule has 1 atom stereocenters. The van der Waals surface area contributed by atoms with Gasteiger partial charge in [0.1, 0.15) is 0 Å². The topological polar surface area (TPSA) is 12.0 Å². The van der Waals surface area contributed by atoms with Gasteiger partial charge in [0.2, 0.25) is 0 Å². The van der Waals surface area contributed by atoms with Gasteiger partial charge in [-0.25, -0.2) is 0 Å². The fraction of sp³-hybridized carbons (Fsp3) is 0.636. The fourth-order valence-electron chi connectivity index (χ4n) is 2.19. The number of alkyl halides is 3. The summed E-state index contributed by atoms with van der Waals surface area (Å²) in [4.78, 5) is 1.23. The van der Waals surface area contributed by atoms with Crippen molar-refractivity contribution in [1.29, 1.82) is 0 Å². The Balaban J connectivity index is 2.15. The standard InChI is InChI=1S/C11H14F3NS/c1-10(4-5-11(12,13)14)8-3-7-16-9(8)2-6-15-10/h3,7,15H,2,4-6H2,1H3. The summed E-state index contributed by atoms with van der Waals surface area (Å²) in [5.74, 6) is 0. The molecule has 0 fully saturated rings. The van der Waals surface area contributed by atoms with E-state index in [1.54, 1.807) is 11.3 Å². The summed E-state index contributed by atoms with van der Waals surface area (Å²) in [6, 6.07) is 1.95. The van der Waals surface area contributed by atoms with Gasteiger partial charge >= 0.3 is 6.18 Å². The van der Waals surface area contributed by atoms with Crippen LogP contribution >= 0.6 is 11.3 Å². The summed E-state index contributed by atoms with van der Waals surface area (Å²) >= 11 is 1.64. The van der Waals surface area contributed by atoms with Crippen molar-refractivity contribution in [2.75, 3.05) is 6.54 Å². The number of rotatable bonds is 2. The van der Waals surface area contributed by atoms with Gasteiger partial charge in [-0.15, -0.1) is 11.3 Å². The molecule has 1 N–H and O–H groups in total. The van der Waals surface area contributed by atoms with Gasteiger partial charge in [-0.2, -0.15) is 13.2 Å². The first-order valence-electron chi connectivity index (χ1n) is 5.29. The first-order valence-corrected chi connectivity index (χ1v) is 6.17. The number of hydrogen-bond donors (Lipinski definition) is 1. The summed E-state index contributed by atoms with van der Waals surface area (Å²) in [6.07, 6.45) is -3.76. The second-order valence-corrected chi connectivity index (χ2v) is 5.38. The van der Waals surface area contributed by atoms with Crippen LogP contribution in [0.5, 0.6) is 0 Å². The number of nitrogens with one attached hydrogen (secondary N) is 1. The van der Waals surface area contributed by atoms with E-state index in [0.29, 0.717) is 0 Å². The first-order chi connectivity index (χ1) is 7.41. The maximum atomic E-state index is 12.3. The van der Waals surface area contributed by atoms with Crippen molar-refractivity contribution in [2.24, 2.45) is 0 Å². The molecule has 5 heteroatoms. The van der Waals surface area contributed by atoms with Gasteiger partial charge in [0.25, 0.3) is 0 Å². The van der Waals surface area contributed by atoms with Crippen LogP contribution in [0.25, 0.3) is 0 Å². The van der Waals surface area contributed by atoms with Gasteiger partial charge in [-0.1, -0.05) is 0 Å². The molecule has 0 aliphatic carbocycles. The Hall–Kier alpha value is -0.550. The van der Waals surface area contributed by atoms with Crippen molar-refractivity contribution in [3.8, 4) is 0 Å². The molecule has 1 nitrogen and oxygen atoms in total. The highest BCUT2D eigenvalue weighted by atomic mass is 32.1. The highest BCUT2D eigenvalue weighted by Crippen LogP contribution is 2.37. The molecule has 0 radical (unpaired) electrons. The summed E-state index contributed by atoms with van der Waals surface area (Å²) < 4.78 is 36.8. The van der Waals surface area contributed by atoms with Crippen LogP contribution in [0, 0.1) is 0 Å². The molecule has 1 aromatic heterocycles. The number of hydrogen-bond acceptors (Lipinski definition) is 2. The van der Waals surface area contributed by atoms with E-state index in [0.717, 1.165) is 18.5 Å². The summed E-state index contributed by atoms with van der Waals surface area (Å²) in [5, 5.41) is 5.18. The molecule has 1 aromatic rings. The van der Waals surface area contributed by atoms with Gasteiger partial charge in [0.15, 0.2) is 0 Å². The Kier molecular flexibility index (Phi) is 3.01. The number of fused-ring (bicyclic) bond motifs is 1. The van der Waals surface area contributed by atoms with E-state index in [1.807, 2.05) is 18.4 Å². The quantitative estimate of drug-likeness (QED) is 0.846. The Morgan fingerprint density at radius 2 is 2.25 bits per heavy atom. The zero-order valence-corrected chi connectivity index (χ0v) is 9.84. The lowest BCUT2D eigenvalue weighted by Crippen LogP contribution is -2.44. The Morgan fingerprint density at radius 1 is 1.50 bits per heavy atom. The molecule has 16 heavy (non-hydrogen) atoms. The van der Waals surface area contributed by atoms with Crippen LogP contribution in [0.2, 0.25) is 0 Å². The monoisotopic (exact) mass is 249 g/mol. The lowest BCUT2D eigenvalue weighted by Gasteiger charge is -2.35. The van der Waals surface area contributed by atoms with Crippen molar-refractivity contribution in [2.45, 2.75) is 37.9 Å². The molecule has 0 amide bonds. The van der Waals surface area contributed by atoms with Crippen LogP contribution in [0.1, 0.15) is 30.2 Å². The molecule has 90 valence electrons. The molecule has 2 rings (SSSR count). The van der Waals surface area contributed by atoms with Crippen LogP contribution in [-0.4, -0.2) is 12.7 Å². The predicted octanol–water partition coefficient (Wildman–Crippen LogP) is 3.45. The van der Waals surface area contributed by atoms with E-state index < -0.39 is 18.1 Å². The SMILES string of the molecule is CC1(CCC(F)(F)F)NCCc2sccc21. The summed E-state index contributed by atoms with van der Waals surface area (Å²) in [7, 11) is 0. The van der Waals surface area contributed by atoms with E-state index in [-0.39, 0.29) is 6.42 Å². The lowest BCUT2D eigenvalue weighted by atomic mass is 9.84. The number of thiophene rings is 1. The molecular weight excluding hydrogens is 235 g/mol. The average Bonchev–Trinajstić information content (AvgIpc) is 2.64. The molecule has 1 aliphatic rings. The average molecular weight is 249 g/mol. The van der Waals surface area contributed by atoms with Crippen LogP contribution in [0.15, 0.2) is 11.4 Å². The Labute approximate surface area is 96.7 Å². The third-order valence-electron chi connectivity index (χ3n) is 3.12. The zero-order valence-electron chi connectivity index (χ0n) is 9.03. The molecule has 0 spiro atoms. The maximum Gasteiger partial charge on any atom is 0.389 e. The van der Waals surface area contributed by atoms with Crippen molar-refractivity contribution in [1.82, 2.24) is 5.32 Å². The first kappa shape index (κ1) is 11.9. The van der Waals surface area contributed by atoms with Crippen molar-refractivity contribution >= 4 is 11.3 Å². The molecule has 0 bridgehead atoms. The van der Waals surface area contributed by atoms with Gasteiger partial charge in [-0.3, -0.25) is 0 Å². The van der Waals surface area contributed by atoms with Crippen LogP contribution in [-0.2, 0) is 12.0 Å². The second kappa shape index (κ2) is 4.04. The molecule has 2 heterocycles. The lowest BCUT2D eigenvalue weighted by molar-refractivity contribution is -0.139.